The average molecular weight is 493 g/mol. The first-order valence-electron chi connectivity index (χ1n) is 9.53. The first kappa shape index (κ1) is 23.6. The lowest BCUT2D eigenvalue weighted by Crippen LogP contribution is -2.32. The van der Waals surface area contributed by atoms with Crippen molar-refractivity contribution in [1.29, 1.82) is 0 Å². The topological polar surface area (TPSA) is 51.0 Å². The highest BCUT2D eigenvalue weighted by Crippen LogP contribution is 2.34. The van der Waals surface area contributed by atoms with Crippen LogP contribution in [-0.2, 0) is 6.54 Å². The van der Waals surface area contributed by atoms with Crippen molar-refractivity contribution in [2.75, 3.05) is 17.7 Å². The van der Waals surface area contributed by atoms with Gasteiger partial charge in [0.2, 0.25) is 0 Å². The van der Waals surface area contributed by atoms with Crippen LogP contribution in [0.25, 0.3) is 10.2 Å². The van der Waals surface area contributed by atoms with Crippen LogP contribution < -0.4 is 4.90 Å². The summed E-state index contributed by atoms with van der Waals surface area (Å²) in [5, 5.41) is 1.38. The van der Waals surface area contributed by atoms with Crippen LogP contribution >= 0.6 is 47.1 Å². The zero-order chi connectivity index (χ0) is 21.1. The smallest absolute Gasteiger partial charge is 0.260 e. The van der Waals surface area contributed by atoms with Gasteiger partial charge >= 0.3 is 0 Å². The molecule has 2 aromatic carbocycles. The molecule has 0 spiro atoms. The summed E-state index contributed by atoms with van der Waals surface area (Å²) < 4.78 is 3.00. The number of thiazole rings is 1. The van der Waals surface area contributed by atoms with Crippen LogP contribution in [0.1, 0.15) is 22.3 Å². The molecule has 31 heavy (non-hydrogen) atoms. The van der Waals surface area contributed by atoms with Crippen LogP contribution in [0.15, 0.2) is 60.0 Å². The molecule has 0 aliphatic carbocycles. The molecule has 4 rings (SSSR count). The Bertz CT molecular complexity index is 1160. The molecule has 1 amide bonds. The summed E-state index contributed by atoms with van der Waals surface area (Å²) in [6.07, 6.45) is 8.29. The number of rotatable bonds is 7. The van der Waals surface area contributed by atoms with Gasteiger partial charge in [-0.15, -0.1) is 24.2 Å². The van der Waals surface area contributed by atoms with Crippen molar-refractivity contribution in [2.24, 2.45) is 0 Å². The minimum atomic E-state index is -0.0453. The maximum absolute atomic E-state index is 13.4. The maximum atomic E-state index is 13.4. The Kier molecular flexibility index (Phi) is 8.00. The molecule has 0 N–H and O–H groups in total. The number of benzene rings is 2. The molecule has 5 nitrogen and oxygen atoms in total. The van der Waals surface area contributed by atoms with Crippen molar-refractivity contribution >= 4 is 68.4 Å². The van der Waals surface area contributed by atoms with E-state index in [1.807, 2.05) is 60.3 Å². The van der Waals surface area contributed by atoms with Gasteiger partial charge < -0.3 is 4.57 Å². The van der Waals surface area contributed by atoms with Crippen molar-refractivity contribution in [2.45, 2.75) is 24.8 Å². The van der Waals surface area contributed by atoms with E-state index in [1.54, 1.807) is 29.2 Å². The number of aryl methyl sites for hydroxylation is 2. The zero-order valence-electron chi connectivity index (χ0n) is 17.1. The second kappa shape index (κ2) is 10.5. The van der Waals surface area contributed by atoms with Gasteiger partial charge in [-0.05, 0) is 61.6 Å². The molecule has 0 aliphatic rings. The van der Waals surface area contributed by atoms with E-state index in [1.165, 1.54) is 11.3 Å². The number of carbonyl (C=O) groups excluding carboxylic acids is 1. The number of halogens is 2. The maximum Gasteiger partial charge on any atom is 0.260 e. The van der Waals surface area contributed by atoms with Gasteiger partial charge in [0.25, 0.3) is 5.91 Å². The molecule has 162 valence electrons. The highest BCUT2D eigenvalue weighted by atomic mass is 35.5. The number of amides is 1. The summed E-state index contributed by atoms with van der Waals surface area (Å²) in [5.74, 6) is -0.0453. The summed E-state index contributed by atoms with van der Waals surface area (Å²) in [6, 6.07) is 11.5. The van der Waals surface area contributed by atoms with Crippen LogP contribution in [0.2, 0.25) is 5.02 Å². The monoisotopic (exact) mass is 492 g/mol. The lowest BCUT2D eigenvalue weighted by molar-refractivity contribution is 0.0986. The van der Waals surface area contributed by atoms with Gasteiger partial charge in [-0.25, -0.2) is 9.97 Å². The second-order valence-electron chi connectivity index (χ2n) is 6.91. The Hall–Kier alpha value is -2.06. The van der Waals surface area contributed by atoms with Crippen LogP contribution in [-0.4, -0.2) is 33.2 Å². The fraction of sp³-hybridized carbons (Fsp3) is 0.227. The standard InChI is InChI=1S/C22H21ClN4OS2.ClH/c1-15-12-17(23)13-19-20(15)25-22(30-19)27(10-3-9-26-11-8-24-14-26)21(28)16-4-6-18(29-2)7-5-16;/h4-8,11-14H,3,9-10H2,1-2H3;1H. The van der Waals surface area contributed by atoms with E-state index < -0.39 is 0 Å². The Balaban J connectivity index is 0.00000272. The van der Waals surface area contributed by atoms with Crippen molar-refractivity contribution in [3.63, 3.8) is 0 Å². The Morgan fingerprint density at radius 3 is 2.71 bits per heavy atom. The first-order valence-corrected chi connectivity index (χ1v) is 12.0. The van der Waals surface area contributed by atoms with Gasteiger partial charge in [-0.1, -0.05) is 22.9 Å². The van der Waals surface area contributed by atoms with E-state index in [2.05, 4.69) is 4.98 Å². The molecule has 0 atom stereocenters. The minimum Gasteiger partial charge on any atom is -0.337 e. The molecule has 2 aromatic heterocycles. The third-order valence-corrected chi connectivity index (χ3v) is 6.80. The molecule has 0 aliphatic heterocycles. The predicted molar refractivity (Wildman–Crippen MR) is 133 cm³/mol. The SMILES string of the molecule is CSc1ccc(C(=O)N(CCCn2ccnc2)c2nc3c(C)cc(Cl)cc3s2)cc1.Cl. The zero-order valence-corrected chi connectivity index (χ0v) is 20.3. The number of nitrogens with zero attached hydrogens (tertiary/aromatic N) is 4. The summed E-state index contributed by atoms with van der Waals surface area (Å²) in [7, 11) is 0. The molecule has 0 unspecified atom stereocenters. The molecule has 0 saturated carbocycles. The van der Waals surface area contributed by atoms with E-state index in [-0.39, 0.29) is 18.3 Å². The third kappa shape index (κ3) is 5.41. The first-order chi connectivity index (χ1) is 14.5. The largest absolute Gasteiger partial charge is 0.337 e. The predicted octanol–water partition coefficient (Wildman–Crippen LogP) is 6.34. The number of fused-ring (bicyclic) bond motifs is 1. The van der Waals surface area contributed by atoms with E-state index in [0.29, 0.717) is 22.3 Å². The molecule has 4 aromatic rings. The third-order valence-electron chi connectivity index (χ3n) is 4.81. The van der Waals surface area contributed by atoms with E-state index >= 15 is 0 Å². The van der Waals surface area contributed by atoms with Crippen molar-refractivity contribution < 1.29 is 4.79 Å². The lowest BCUT2D eigenvalue weighted by atomic mass is 10.2. The molecular formula is C22H22Cl2N4OS2. The fourth-order valence-electron chi connectivity index (χ4n) is 3.26. The van der Waals surface area contributed by atoms with Crippen LogP contribution in [0.3, 0.4) is 0 Å². The second-order valence-corrected chi connectivity index (χ2v) is 9.23. The fourth-order valence-corrected chi connectivity index (χ4v) is 5.11. The summed E-state index contributed by atoms with van der Waals surface area (Å²) in [5.41, 5.74) is 2.56. The quantitative estimate of drug-likeness (QED) is 0.282. The summed E-state index contributed by atoms with van der Waals surface area (Å²) >= 11 is 9.38. The van der Waals surface area contributed by atoms with Gasteiger partial charge in [0.05, 0.1) is 16.5 Å². The van der Waals surface area contributed by atoms with Gasteiger partial charge in [0.1, 0.15) is 0 Å². The van der Waals surface area contributed by atoms with Crippen molar-refractivity contribution in [1.82, 2.24) is 14.5 Å². The lowest BCUT2D eigenvalue weighted by Gasteiger charge is -2.20. The van der Waals surface area contributed by atoms with Crippen LogP contribution in [0.4, 0.5) is 5.13 Å². The average Bonchev–Trinajstić information content (AvgIpc) is 3.41. The highest BCUT2D eigenvalue weighted by Gasteiger charge is 2.22. The molecule has 0 saturated heterocycles. The number of anilines is 1. The summed E-state index contributed by atoms with van der Waals surface area (Å²) in [4.78, 5) is 25.2. The van der Waals surface area contributed by atoms with Crippen LogP contribution in [0.5, 0.6) is 0 Å². The van der Waals surface area contributed by atoms with Crippen molar-refractivity contribution in [3.05, 3.63) is 71.3 Å². The number of imidazole rings is 1. The molecular weight excluding hydrogens is 471 g/mol. The normalized spacial score (nSPS) is 10.8. The molecule has 0 fully saturated rings. The minimum absolute atomic E-state index is 0. The van der Waals surface area contributed by atoms with Gasteiger partial charge in [-0.3, -0.25) is 9.69 Å². The van der Waals surface area contributed by atoms with Gasteiger partial charge in [0.15, 0.2) is 5.13 Å². The number of hydrogen-bond acceptors (Lipinski definition) is 5. The van der Waals surface area contributed by atoms with Gasteiger partial charge in [0, 0.05) is 41.0 Å². The number of carbonyl (C=O) groups is 1. The molecule has 9 heteroatoms. The van der Waals surface area contributed by atoms with E-state index in [9.17, 15) is 4.79 Å². The van der Waals surface area contributed by atoms with E-state index in [0.717, 1.165) is 33.6 Å². The molecule has 0 radical (unpaired) electrons. The summed E-state index contributed by atoms with van der Waals surface area (Å²) in [6.45, 7) is 3.34. The Morgan fingerprint density at radius 2 is 2.03 bits per heavy atom. The number of aromatic nitrogens is 3. The van der Waals surface area contributed by atoms with Gasteiger partial charge in [-0.2, -0.15) is 0 Å². The molecule has 0 bridgehead atoms. The Morgan fingerprint density at radius 1 is 1.26 bits per heavy atom. The van der Waals surface area contributed by atoms with Crippen LogP contribution in [0, 0.1) is 6.92 Å². The Labute approximate surface area is 200 Å². The van der Waals surface area contributed by atoms with Crippen molar-refractivity contribution in [3.8, 4) is 0 Å². The highest BCUT2D eigenvalue weighted by molar-refractivity contribution is 7.98. The number of thioether (sulfide) groups is 1. The molecule has 2 heterocycles. The van der Waals surface area contributed by atoms with E-state index in [4.69, 9.17) is 16.6 Å². The number of hydrogen-bond donors (Lipinski definition) is 0.